The number of hydrogen-bond acceptors (Lipinski definition) is 5. The van der Waals surface area contributed by atoms with Crippen molar-refractivity contribution in [3.63, 3.8) is 0 Å². The van der Waals surface area contributed by atoms with Crippen LogP contribution in [0.15, 0.2) is 29.3 Å². The van der Waals surface area contributed by atoms with E-state index < -0.39 is 0 Å². The first-order valence-electron chi connectivity index (χ1n) is 9.09. The van der Waals surface area contributed by atoms with Crippen molar-refractivity contribution >= 4 is 29.9 Å². The van der Waals surface area contributed by atoms with E-state index in [0.717, 1.165) is 50.3 Å². The highest BCUT2D eigenvalue weighted by atomic mass is 127. The topological polar surface area (TPSA) is 67.4 Å². The highest BCUT2D eigenvalue weighted by Crippen LogP contribution is 2.18. The second-order valence-electron chi connectivity index (χ2n) is 6.79. The van der Waals surface area contributed by atoms with Crippen LogP contribution in [0, 0.1) is 0 Å². The third-order valence-electron chi connectivity index (χ3n) is 4.48. The van der Waals surface area contributed by atoms with Crippen molar-refractivity contribution in [3.8, 4) is 11.5 Å². The SMILES string of the molecule is CN=C(NCCOc1cccc(OC)c1)NCC(C)(C)N1CCOCC1.I. The average molecular weight is 492 g/mol. The third kappa shape index (κ3) is 8.10. The number of hydrogen-bond donors (Lipinski definition) is 2. The minimum Gasteiger partial charge on any atom is -0.497 e. The largest absolute Gasteiger partial charge is 0.497 e. The monoisotopic (exact) mass is 492 g/mol. The van der Waals surface area contributed by atoms with Crippen LogP contribution in [0.5, 0.6) is 11.5 Å². The van der Waals surface area contributed by atoms with E-state index in [1.807, 2.05) is 24.3 Å². The van der Waals surface area contributed by atoms with Crippen LogP contribution < -0.4 is 20.1 Å². The summed E-state index contributed by atoms with van der Waals surface area (Å²) >= 11 is 0. The maximum Gasteiger partial charge on any atom is 0.191 e. The zero-order valence-corrected chi connectivity index (χ0v) is 19.1. The molecule has 0 radical (unpaired) electrons. The van der Waals surface area contributed by atoms with Crippen molar-refractivity contribution in [2.75, 3.05) is 60.2 Å². The number of aliphatic imine (C=N–C) groups is 1. The Bertz CT molecular complexity index is 578. The van der Waals surface area contributed by atoms with Gasteiger partial charge in [0.05, 0.1) is 26.9 Å². The van der Waals surface area contributed by atoms with Crippen molar-refractivity contribution in [2.24, 2.45) is 4.99 Å². The third-order valence-corrected chi connectivity index (χ3v) is 4.48. The molecule has 1 saturated heterocycles. The lowest BCUT2D eigenvalue weighted by atomic mass is 10.0. The summed E-state index contributed by atoms with van der Waals surface area (Å²) in [6.45, 7) is 10.0. The number of methoxy groups -OCH3 is 1. The molecule has 0 unspecified atom stereocenters. The molecule has 0 aliphatic carbocycles. The molecule has 0 spiro atoms. The molecular formula is C19H33IN4O3. The van der Waals surface area contributed by atoms with Crippen molar-refractivity contribution < 1.29 is 14.2 Å². The second-order valence-corrected chi connectivity index (χ2v) is 6.79. The Hall–Kier alpha value is -1.26. The Balaban J connectivity index is 0.00000364. The number of ether oxygens (including phenoxy) is 3. The number of nitrogens with one attached hydrogen (secondary N) is 2. The maximum absolute atomic E-state index is 5.74. The molecule has 1 aliphatic rings. The highest BCUT2D eigenvalue weighted by Gasteiger charge is 2.28. The minimum atomic E-state index is 0. The smallest absolute Gasteiger partial charge is 0.191 e. The van der Waals surface area contributed by atoms with Gasteiger partial charge in [-0.3, -0.25) is 9.89 Å². The molecule has 1 aromatic carbocycles. The first-order valence-corrected chi connectivity index (χ1v) is 9.09. The van der Waals surface area contributed by atoms with E-state index >= 15 is 0 Å². The molecule has 1 aliphatic heterocycles. The summed E-state index contributed by atoms with van der Waals surface area (Å²) in [5.41, 5.74) is 0.0402. The Morgan fingerprint density at radius 2 is 1.93 bits per heavy atom. The van der Waals surface area contributed by atoms with Gasteiger partial charge in [0.2, 0.25) is 0 Å². The quantitative estimate of drug-likeness (QED) is 0.251. The number of guanidine groups is 1. The number of halogens is 1. The maximum atomic E-state index is 5.74. The summed E-state index contributed by atoms with van der Waals surface area (Å²) in [5.74, 6) is 2.36. The predicted molar refractivity (Wildman–Crippen MR) is 120 cm³/mol. The molecule has 0 aromatic heterocycles. The van der Waals surface area contributed by atoms with Gasteiger partial charge in [0, 0.05) is 38.3 Å². The zero-order chi connectivity index (χ0) is 18.8. The van der Waals surface area contributed by atoms with Gasteiger partial charge in [-0.25, -0.2) is 0 Å². The summed E-state index contributed by atoms with van der Waals surface area (Å²) in [7, 11) is 3.43. The summed E-state index contributed by atoms with van der Waals surface area (Å²) < 4.78 is 16.4. The number of nitrogens with zero attached hydrogens (tertiary/aromatic N) is 2. The van der Waals surface area contributed by atoms with Crippen molar-refractivity contribution in [3.05, 3.63) is 24.3 Å². The van der Waals surface area contributed by atoms with E-state index in [0.29, 0.717) is 13.2 Å². The molecule has 1 heterocycles. The molecule has 2 rings (SSSR count). The second kappa shape index (κ2) is 12.2. The fourth-order valence-electron chi connectivity index (χ4n) is 2.83. The van der Waals surface area contributed by atoms with Crippen LogP contribution in [-0.2, 0) is 4.74 Å². The molecule has 0 atom stereocenters. The van der Waals surface area contributed by atoms with Crippen LogP contribution in [0.3, 0.4) is 0 Å². The first-order chi connectivity index (χ1) is 12.5. The fourth-order valence-corrected chi connectivity index (χ4v) is 2.83. The zero-order valence-electron chi connectivity index (χ0n) is 16.8. The molecular weight excluding hydrogens is 459 g/mol. The van der Waals surface area contributed by atoms with Gasteiger partial charge in [0.1, 0.15) is 18.1 Å². The van der Waals surface area contributed by atoms with Crippen LogP contribution in [0.2, 0.25) is 0 Å². The van der Waals surface area contributed by atoms with Gasteiger partial charge in [0.15, 0.2) is 5.96 Å². The number of morpholine rings is 1. The van der Waals surface area contributed by atoms with Crippen LogP contribution in [0.25, 0.3) is 0 Å². The lowest BCUT2D eigenvalue weighted by molar-refractivity contribution is -0.00834. The number of rotatable bonds is 8. The highest BCUT2D eigenvalue weighted by molar-refractivity contribution is 14.0. The van der Waals surface area contributed by atoms with Crippen LogP contribution in [-0.4, -0.2) is 76.6 Å². The summed E-state index contributed by atoms with van der Waals surface area (Å²) in [6, 6.07) is 7.60. The van der Waals surface area contributed by atoms with E-state index in [4.69, 9.17) is 14.2 Å². The molecule has 7 nitrogen and oxygen atoms in total. The standard InChI is InChI=1S/C19H32N4O3.HI/c1-19(2,23-9-12-25-13-10-23)15-22-18(20-3)21-8-11-26-17-7-5-6-16(14-17)24-4;/h5-7,14H,8-13,15H2,1-4H3,(H2,20,21,22);1H. The molecule has 0 amide bonds. The van der Waals surface area contributed by atoms with Crippen LogP contribution in [0.1, 0.15) is 13.8 Å². The molecule has 0 bridgehead atoms. The first kappa shape index (κ1) is 23.8. The van der Waals surface area contributed by atoms with Gasteiger partial charge in [-0.2, -0.15) is 0 Å². The molecule has 8 heteroatoms. The summed E-state index contributed by atoms with van der Waals surface area (Å²) in [5, 5.41) is 6.69. The minimum absolute atomic E-state index is 0. The van der Waals surface area contributed by atoms with Crippen LogP contribution in [0.4, 0.5) is 0 Å². The van der Waals surface area contributed by atoms with Gasteiger partial charge < -0.3 is 24.8 Å². The summed E-state index contributed by atoms with van der Waals surface area (Å²) in [4.78, 5) is 6.73. The average Bonchev–Trinajstić information content (AvgIpc) is 2.68. The molecule has 2 N–H and O–H groups in total. The van der Waals surface area contributed by atoms with Crippen molar-refractivity contribution in [1.29, 1.82) is 0 Å². The fraction of sp³-hybridized carbons (Fsp3) is 0.632. The van der Waals surface area contributed by atoms with E-state index in [9.17, 15) is 0 Å². The van der Waals surface area contributed by atoms with Gasteiger partial charge in [-0.15, -0.1) is 24.0 Å². The lowest BCUT2D eigenvalue weighted by Crippen LogP contribution is -2.56. The van der Waals surface area contributed by atoms with E-state index in [1.165, 1.54) is 0 Å². The van der Waals surface area contributed by atoms with E-state index in [-0.39, 0.29) is 29.5 Å². The van der Waals surface area contributed by atoms with Gasteiger partial charge in [-0.05, 0) is 26.0 Å². The van der Waals surface area contributed by atoms with Gasteiger partial charge in [0.25, 0.3) is 0 Å². The van der Waals surface area contributed by atoms with Crippen molar-refractivity contribution in [1.82, 2.24) is 15.5 Å². The predicted octanol–water partition coefficient (Wildman–Crippen LogP) is 1.97. The summed E-state index contributed by atoms with van der Waals surface area (Å²) in [6.07, 6.45) is 0. The van der Waals surface area contributed by atoms with Crippen LogP contribution >= 0.6 is 24.0 Å². The van der Waals surface area contributed by atoms with Crippen molar-refractivity contribution in [2.45, 2.75) is 19.4 Å². The molecule has 1 fully saturated rings. The molecule has 154 valence electrons. The lowest BCUT2D eigenvalue weighted by Gasteiger charge is -2.41. The van der Waals surface area contributed by atoms with Gasteiger partial charge >= 0.3 is 0 Å². The molecule has 1 aromatic rings. The Kier molecular flexibility index (Phi) is 10.8. The Morgan fingerprint density at radius 3 is 2.59 bits per heavy atom. The van der Waals surface area contributed by atoms with E-state index in [2.05, 4.69) is 34.4 Å². The number of benzene rings is 1. The van der Waals surface area contributed by atoms with E-state index in [1.54, 1.807) is 14.2 Å². The Morgan fingerprint density at radius 1 is 1.22 bits per heavy atom. The van der Waals surface area contributed by atoms with Gasteiger partial charge in [-0.1, -0.05) is 6.07 Å². The molecule has 27 heavy (non-hydrogen) atoms. The molecule has 0 saturated carbocycles. The Labute approximate surface area is 179 Å². The normalized spacial score (nSPS) is 15.6.